The molecule has 0 saturated heterocycles. The summed E-state index contributed by atoms with van der Waals surface area (Å²) in [4.78, 5) is 6.90. The number of allylic oxidation sites excluding steroid dienone is 2. The van der Waals surface area contributed by atoms with Crippen LogP contribution in [0.5, 0.6) is 0 Å². The van der Waals surface area contributed by atoms with Gasteiger partial charge in [0, 0.05) is 24.5 Å². The van der Waals surface area contributed by atoms with Crippen LogP contribution in [0, 0.1) is 0 Å². The highest BCUT2D eigenvalue weighted by atomic mass is 15.1. The maximum Gasteiger partial charge on any atom is 0.0568 e. The zero-order valence-corrected chi connectivity index (χ0v) is 10.7. The van der Waals surface area contributed by atoms with Gasteiger partial charge in [0.25, 0.3) is 0 Å². The summed E-state index contributed by atoms with van der Waals surface area (Å²) in [6, 6.07) is 10.7. The van der Waals surface area contributed by atoms with Crippen molar-refractivity contribution in [3.8, 4) is 0 Å². The second-order valence-corrected chi connectivity index (χ2v) is 4.53. The Morgan fingerprint density at radius 3 is 2.71 bits per heavy atom. The van der Waals surface area contributed by atoms with Gasteiger partial charge in [-0.1, -0.05) is 30.3 Å². The minimum atomic E-state index is 0.911. The molecule has 90 valence electrons. The van der Waals surface area contributed by atoms with Crippen LogP contribution in [-0.2, 0) is 6.42 Å². The third-order valence-corrected chi connectivity index (χ3v) is 3.16. The summed E-state index contributed by atoms with van der Waals surface area (Å²) in [6.45, 7) is 7.27. The predicted octanol–water partition coefficient (Wildman–Crippen LogP) is 2.91. The number of hydrogen-bond donors (Lipinski definition) is 0. The number of rotatable bonds is 3. The zero-order valence-electron chi connectivity index (χ0n) is 10.7. The summed E-state index contributed by atoms with van der Waals surface area (Å²) in [6.07, 6.45) is 3.28. The maximum absolute atomic E-state index is 4.48. The molecule has 2 rings (SSSR count). The number of aliphatic imine (C=N–C) groups is 1. The van der Waals surface area contributed by atoms with E-state index >= 15 is 0 Å². The van der Waals surface area contributed by atoms with Crippen molar-refractivity contribution in [2.75, 3.05) is 19.6 Å². The first-order valence-electron chi connectivity index (χ1n) is 6.24. The average Bonchev–Trinajstić information content (AvgIpc) is 2.49. The molecule has 0 N–H and O–H groups in total. The van der Waals surface area contributed by atoms with Gasteiger partial charge in [-0.05, 0) is 31.9 Å². The van der Waals surface area contributed by atoms with Gasteiger partial charge in [0.2, 0.25) is 0 Å². The first-order chi connectivity index (χ1) is 8.25. The summed E-state index contributed by atoms with van der Waals surface area (Å²) in [5.74, 6) is 0. The molecule has 0 aromatic heterocycles. The van der Waals surface area contributed by atoms with Crippen molar-refractivity contribution in [1.29, 1.82) is 0 Å². The SMILES string of the molecule is CC1=CC(C)=NCCN1CCc1ccccc1. The highest BCUT2D eigenvalue weighted by Gasteiger charge is 2.08. The Kier molecular flexibility index (Phi) is 3.97. The molecule has 1 aliphatic heterocycles. The molecule has 1 aromatic rings. The molecule has 0 amide bonds. The standard InChI is InChI=1S/C15H20N2/c1-13-12-14(2)17(11-9-16-13)10-8-15-6-4-3-5-7-15/h3-7,12H,8-11H2,1-2H3. The van der Waals surface area contributed by atoms with Crippen LogP contribution >= 0.6 is 0 Å². The fourth-order valence-corrected chi connectivity index (χ4v) is 2.16. The molecule has 0 atom stereocenters. The molecule has 1 heterocycles. The topological polar surface area (TPSA) is 15.6 Å². The van der Waals surface area contributed by atoms with Crippen LogP contribution in [0.4, 0.5) is 0 Å². The molecule has 0 aliphatic carbocycles. The number of benzene rings is 1. The van der Waals surface area contributed by atoms with E-state index in [2.05, 4.69) is 60.1 Å². The van der Waals surface area contributed by atoms with Gasteiger partial charge in [0.05, 0.1) is 6.54 Å². The van der Waals surface area contributed by atoms with Crippen molar-refractivity contribution in [2.24, 2.45) is 4.99 Å². The van der Waals surface area contributed by atoms with Crippen molar-refractivity contribution in [3.63, 3.8) is 0 Å². The molecule has 0 radical (unpaired) electrons. The first-order valence-corrected chi connectivity index (χ1v) is 6.24. The Labute approximate surface area is 104 Å². The third kappa shape index (κ3) is 3.45. The van der Waals surface area contributed by atoms with E-state index in [1.807, 2.05) is 0 Å². The monoisotopic (exact) mass is 228 g/mol. The minimum absolute atomic E-state index is 0.911. The van der Waals surface area contributed by atoms with Gasteiger partial charge < -0.3 is 4.90 Å². The Morgan fingerprint density at radius 1 is 1.18 bits per heavy atom. The second kappa shape index (κ2) is 5.67. The molecular weight excluding hydrogens is 208 g/mol. The fourth-order valence-electron chi connectivity index (χ4n) is 2.16. The zero-order chi connectivity index (χ0) is 12.1. The highest BCUT2D eigenvalue weighted by molar-refractivity contribution is 5.93. The lowest BCUT2D eigenvalue weighted by molar-refractivity contribution is 0.361. The van der Waals surface area contributed by atoms with E-state index in [0.717, 1.165) is 31.8 Å². The lowest BCUT2D eigenvalue weighted by atomic mass is 10.1. The summed E-state index contributed by atoms with van der Waals surface area (Å²) < 4.78 is 0. The van der Waals surface area contributed by atoms with Gasteiger partial charge in [-0.3, -0.25) is 4.99 Å². The Hall–Kier alpha value is -1.57. The van der Waals surface area contributed by atoms with Gasteiger partial charge in [0.15, 0.2) is 0 Å². The van der Waals surface area contributed by atoms with Crippen molar-refractivity contribution in [1.82, 2.24) is 4.90 Å². The normalized spacial score (nSPS) is 16.2. The van der Waals surface area contributed by atoms with E-state index in [-0.39, 0.29) is 0 Å². The minimum Gasteiger partial charge on any atom is -0.373 e. The van der Waals surface area contributed by atoms with Gasteiger partial charge in [-0.2, -0.15) is 0 Å². The van der Waals surface area contributed by atoms with Crippen molar-refractivity contribution >= 4 is 5.71 Å². The van der Waals surface area contributed by atoms with Crippen molar-refractivity contribution in [3.05, 3.63) is 47.7 Å². The number of hydrogen-bond acceptors (Lipinski definition) is 2. The molecule has 0 bridgehead atoms. The number of nitrogens with zero attached hydrogens (tertiary/aromatic N) is 2. The van der Waals surface area contributed by atoms with E-state index in [9.17, 15) is 0 Å². The molecule has 0 saturated carbocycles. The summed E-state index contributed by atoms with van der Waals surface area (Å²) in [5, 5.41) is 0. The van der Waals surface area contributed by atoms with E-state index < -0.39 is 0 Å². The van der Waals surface area contributed by atoms with Crippen LogP contribution in [-0.4, -0.2) is 30.2 Å². The van der Waals surface area contributed by atoms with E-state index in [1.54, 1.807) is 0 Å². The summed E-state index contributed by atoms with van der Waals surface area (Å²) in [5.41, 5.74) is 3.88. The van der Waals surface area contributed by atoms with E-state index in [1.165, 1.54) is 11.3 Å². The Bertz CT molecular complexity index is 418. The van der Waals surface area contributed by atoms with Gasteiger partial charge >= 0.3 is 0 Å². The maximum atomic E-state index is 4.48. The summed E-state index contributed by atoms with van der Waals surface area (Å²) >= 11 is 0. The third-order valence-electron chi connectivity index (χ3n) is 3.16. The van der Waals surface area contributed by atoms with Gasteiger partial charge in [0.1, 0.15) is 0 Å². The fraction of sp³-hybridized carbons (Fsp3) is 0.400. The molecule has 17 heavy (non-hydrogen) atoms. The van der Waals surface area contributed by atoms with Gasteiger partial charge in [-0.15, -0.1) is 0 Å². The van der Waals surface area contributed by atoms with Crippen molar-refractivity contribution in [2.45, 2.75) is 20.3 Å². The quantitative estimate of drug-likeness (QED) is 0.776. The lowest BCUT2D eigenvalue weighted by Gasteiger charge is -2.23. The largest absolute Gasteiger partial charge is 0.373 e. The molecule has 0 unspecified atom stereocenters. The highest BCUT2D eigenvalue weighted by Crippen LogP contribution is 2.09. The van der Waals surface area contributed by atoms with Crippen LogP contribution < -0.4 is 0 Å². The molecule has 2 heteroatoms. The molecule has 0 fully saturated rings. The van der Waals surface area contributed by atoms with E-state index in [0.29, 0.717) is 0 Å². The smallest absolute Gasteiger partial charge is 0.0568 e. The predicted molar refractivity (Wildman–Crippen MR) is 73.5 cm³/mol. The first kappa shape index (κ1) is 11.9. The van der Waals surface area contributed by atoms with Crippen LogP contribution in [0.2, 0.25) is 0 Å². The molecule has 1 aromatic carbocycles. The molecule has 2 nitrogen and oxygen atoms in total. The summed E-state index contributed by atoms with van der Waals surface area (Å²) in [7, 11) is 0. The van der Waals surface area contributed by atoms with Crippen LogP contribution in [0.25, 0.3) is 0 Å². The average molecular weight is 228 g/mol. The van der Waals surface area contributed by atoms with E-state index in [4.69, 9.17) is 0 Å². The molecule has 0 spiro atoms. The second-order valence-electron chi connectivity index (χ2n) is 4.53. The van der Waals surface area contributed by atoms with Crippen molar-refractivity contribution < 1.29 is 0 Å². The van der Waals surface area contributed by atoms with Gasteiger partial charge in [-0.25, -0.2) is 0 Å². The lowest BCUT2D eigenvalue weighted by Crippen LogP contribution is -2.26. The molecule has 1 aliphatic rings. The van der Waals surface area contributed by atoms with Crippen LogP contribution in [0.1, 0.15) is 19.4 Å². The van der Waals surface area contributed by atoms with Crippen LogP contribution in [0.15, 0.2) is 47.1 Å². The van der Waals surface area contributed by atoms with Crippen LogP contribution in [0.3, 0.4) is 0 Å². The molecular formula is C15H20N2. The Morgan fingerprint density at radius 2 is 1.94 bits per heavy atom. The Balaban J connectivity index is 1.94.